The van der Waals surface area contributed by atoms with Crippen molar-refractivity contribution in [2.45, 2.75) is 25.6 Å². The standard InChI is InChI=1S/C14H19NO3/c1-17-14(18-2)10-15-12-8-4-3-6-11(12)7-5-9-13(15)16/h3-4,6,8,14H,5,7,9-10H2,1-2H3. The summed E-state index contributed by atoms with van der Waals surface area (Å²) < 4.78 is 10.4. The fourth-order valence-corrected chi connectivity index (χ4v) is 2.28. The highest BCUT2D eigenvalue weighted by Gasteiger charge is 2.24. The molecule has 1 aliphatic rings. The van der Waals surface area contributed by atoms with Gasteiger partial charge in [-0.3, -0.25) is 4.79 Å². The fraction of sp³-hybridized carbons (Fsp3) is 0.500. The molecule has 18 heavy (non-hydrogen) atoms. The zero-order valence-electron chi connectivity index (χ0n) is 10.9. The van der Waals surface area contributed by atoms with Crippen LogP contribution in [0.15, 0.2) is 24.3 Å². The van der Waals surface area contributed by atoms with Gasteiger partial charge in [-0.05, 0) is 24.5 Å². The Balaban J connectivity index is 2.28. The van der Waals surface area contributed by atoms with E-state index in [4.69, 9.17) is 9.47 Å². The van der Waals surface area contributed by atoms with E-state index >= 15 is 0 Å². The maximum absolute atomic E-state index is 12.2. The molecule has 0 aromatic heterocycles. The normalized spacial score (nSPS) is 15.7. The maximum Gasteiger partial charge on any atom is 0.227 e. The van der Waals surface area contributed by atoms with Crippen LogP contribution in [0, 0.1) is 0 Å². The molecule has 1 aromatic rings. The molecule has 2 rings (SSSR count). The number of methoxy groups -OCH3 is 2. The molecule has 0 radical (unpaired) electrons. The van der Waals surface area contributed by atoms with E-state index in [1.54, 1.807) is 19.1 Å². The molecule has 0 unspecified atom stereocenters. The first-order valence-corrected chi connectivity index (χ1v) is 6.20. The van der Waals surface area contributed by atoms with Crippen molar-refractivity contribution in [1.29, 1.82) is 0 Å². The third-order valence-corrected chi connectivity index (χ3v) is 3.28. The molecule has 1 heterocycles. The topological polar surface area (TPSA) is 38.8 Å². The minimum atomic E-state index is -0.389. The first kappa shape index (κ1) is 13.1. The van der Waals surface area contributed by atoms with Crippen molar-refractivity contribution in [3.63, 3.8) is 0 Å². The Bertz CT molecular complexity index is 415. The number of para-hydroxylation sites is 1. The van der Waals surface area contributed by atoms with Gasteiger partial charge in [-0.2, -0.15) is 0 Å². The van der Waals surface area contributed by atoms with Crippen LogP contribution in [-0.2, 0) is 20.7 Å². The number of fused-ring (bicyclic) bond motifs is 1. The summed E-state index contributed by atoms with van der Waals surface area (Å²) in [6.45, 7) is 0.433. The van der Waals surface area contributed by atoms with Gasteiger partial charge in [0.25, 0.3) is 0 Å². The third-order valence-electron chi connectivity index (χ3n) is 3.28. The predicted octanol–water partition coefficient (Wildman–Crippen LogP) is 1.97. The van der Waals surface area contributed by atoms with Gasteiger partial charge in [0.15, 0.2) is 6.29 Å². The Kier molecular flexibility index (Phi) is 4.33. The van der Waals surface area contributed by atoms with Crippen molar-refractivity contribution >= 4 is 11.6 Å². The highest BCUT2D eigenvalue weighted by Crippen LogP contribution is 2.27. The first-order chi connectivity index (χ1) is 8.76. The average molecular weight is 249 g/mol. The van der Waals surface area contributed by atoms with Gasteiger partial charge in [0.2, 0.25) is 5.91 Å². The molecule has 0 fully saturated rings. The van der Waals surface area contributed by atoms with Crippen molar-refractivity contribution in [2.24, 2.45) is 0 Å². The van der Waals surface area contributed by atoms with Crippen LogP contribution >= 0.6 is 0 Å². The molecule has 0 saturated heterocycles. The molecule has 0 bridgehead atoms. The minimum absolute atomic E-state index is 0.138. The Hall–Kier alpha value is -1.39. The van der Waals surface area contributed by atoms with Crippen molar-refractivity contribution < 1.29 is 14.3 Å². The first-order valence-electron chi connectivity index (χ1n) is 6.20. The van der Waals surface area contributed by atoms with Crippen LogP contribution in [0.2, 0.25) is 0 Å². The molecule has 0 saturated carbocycles. The smallest absolute Gasteiger partial charge is 0.227 e. The molecule has 4 nitrogen and oxygen atoms in total. The molecular formula is C14H19NO3. The fourth-order valence-electron chi connectivity index (χ4n) is 2.28. The number of carbonyl (C=O) groups excluding carboxylic acids is 1. The van der Waals surface area contributed by atoms with Crippen LogP contribution in [0.5, 0.6) is 0 Å². The Morgan fingerprint density at radius 3 is 2.67 bits per heavy atom. The van der Waals surface area contributed by atoms with Crippen LogP contribution in [-0.4, -0.2) is 33.0 Å². The number of rotatable bonds is 4. The third kappa shape index (κ3) is 2.71. The van der Waals surface area contributed by atoms with Crippen LogP contribution < -0.4 is 4.90 Å². The molecule has 4 heteroatoms. The maximum atomic E-state index is 12.2. The lowest BCUT2D eigenvalue weighted by Gasteiger charge is -2.26. The van der Waals surface area contributed by atoms with Crippen LogP contribution in [0.3, 0.4) is 0 Å². The van der Waals surface area contributed by atoms with Gasteiger partial charge in [0, 0.05) is 26.3 Å². The summed E-state index contributed by atoms with van der Waals surface area (Å²) in [5, 5.41) is 0. The lowest BCUT2D eigenvalue weighted by molar-refractivity contribution is -0.123. The second-order valence-corrected chi connectivity index (χ2v) is 4.39. The van der Waals surface area contributed by atoms with E-state index in [0.29, 0.717) is 13.0 Å². The van der Waals surface area contributed by atoms with Gasteiger partial charge >= 0.3 is 0 Å². The number of benzene rings is 1. The zero-order valence-corrected chi connectivity index (χ0v) is 10.9. The lowest BCUT2D eigenvalue weighted by atomic mass is 10.1. The second kappa shape index (κ2) is 5.98. The summed E-state index contributed by atoms with van der Waals surface area (Å²) in [6.07, 6.45) is 2.04. The average Bonchev–Trinajstić information content (AvgIpc) is 2.55. The quantitative estimate of drug-likeness (QED) is 0.766. The summed E-state index contributed by atoms with van der Waals surface area (Å²) in [5.74, 6) is 0.138. The number of anilines is 1. The summed E-state index contributed by atoms with van der Waals surface area (Å²) in [7, 11) is 3.17. The van der Waals surface area contributed by atoms with E-state index in [1.165, 1.54) is 5.56 Å². The van der Waals surface area contributed by atoms with Gasteiger partial charge in [-0.25, -0.2) is 0 Å². The van der Waals surface area contributed by atoms with E-state index in [0.717, 1.165) is 18.5 Å². The largest absolute Gasteiger partial charge is 0.354 e. The Morgan fingerprint density at radius 1 is 1.22 bits per heavy atom. The molecule has 1 aliphatic heterocycles. The number of carbonyl (C=O) groups is 1. The van der Waals surface area contributed by atoms with Crippen molar-refractivity contribution in [1.82, 2.24) is 0 Å². The molecule has 1 amide bonds. The molecule has 0 spiro atoms. The minimum Gasteiger partial charge on any atom is -0.354 e. The lowest BCUT2D eigenvalue weighted by Crippen LogP contribution is -2.38. The number of hydrogen-bond acceptors (Lipinski definition) is 3. The monoisotopic (exact) mass is 249 g/mol. The van der Waals surface area contributed by atoms with Crippen molar-refractivity contribution in [3.8, 4) is 0 Å². The summed E-state index contributed by atoms with van der Waals surface area (Å²) >= 11 is 0. The van der Waals surface area contributed by atoms with E-state index < -0.39 is 0 Å². The van der Waals surface area contributed by atoms with Gasteiger partial charge in [-0.15, -0.1) is 0 Å². The number of hydrogen-bond donors (Lipinski definition) is 0. The highest BCUT2D eigenvalue weighted by atomic mass is 16.7. The molecule has 0 aliphatic carbocycles. The number of aryl methyl sites for hydroxylation is 1. The molecule has 98 valence electrons. The summed E-state index contributed by atoms with van der Waals surface area (Å²) in [5.41, 5.74) is 2.20. The van der Waals surface area contributed by atoms with Crippen molar-refractivity contribution in [3.05, 3.63) is 29.8 Å². The molecule has 0 atom stereocenters. The van der Waals surface area contributed by atoms with Gasteiger partial charge in [0.05, 0.1) is 6.54 Å². The van der Waals surface area contributed by atoms with E-state index in [2.05, 4.69) is 6.07 Å². The molecule has 0 N–H and O–H groups in total. The van der Waals surface area contributed by atoms with Crippen LogP contribution in [0.1, 0.15) is 18.4 Å². The second-order valence-electron chi connectivity index (χ2n) is 4.39. The van der Waals surface area contributed by atoms with Crippen LogP contribution in [0.4, 0.5) is 5.69 Å². The SMILES string of the molecule is COC(CN1C(=O)CCCc2ccccc21)OC. The van der Waals surface area contributed by atoms with Gasteiger partial charge < -0.3 is 14.4 Å². The Morgan fingerprint density at radius 2 is 1.94 bits per heavy atom. The van der Waals surface area contributed by atoms with Gasteiger partial charge in [0.1, 0.15) is 0 Å². The summed E-state index contributed by atoms with van der Waals surface area (Å²) in [4.78, 5) is 13.9. The van der Waals surface area contributed by atoms with E-state index in [9.17, 15) is 4.79 Å². The van der Waals surface area contributed by atoms with E-state index in [1.807, 2.05) is 18.2 Å². The number of ether oxygens (including phenoxy) is 2. The van der Waals surface area contributed by atoms with Crippen molar-refractivity contribution in [2.75, 3.05) is 25.7 Å². The zero-order chi connectivity index (χ0) is 13.0. The predicted molar refractivity (Wildman–Crippen MR) is 69.5 cm³/mol. The summed E-state index contributed by atoms with van der Waals surface area (Å²) in [6, 6.07) is 8.03. The molecule has 1 aromatic carbocycles. The number of amides is 1. The Labute approximate surface area is 107 Å². The number of nitrogens with zero attached hydrogens (tertiary/aromatic N) is 1. The molecular weight excluding hydrogens is 230 g/mol. The van der Waals surface area contributed by atoms with Crippen LogP contribution in [0.25, 0.3) is 0 Å². The van der Waals surface area contributed by atoms with Gasteiger partial charge in [-0.1, -0.05) is 18.2 Å². The van der Waals surface area contributed by atoms with E-state index in [-0.39, 0.29) is 12.2 Å². The highest BCUT2D eigenvalue weighted by molar-refractivity contribution is 5.94.